The van der Waals surface area contributed by atoms with Crippen LogP contribution in [0.1, 0.15) is 6.42 Å². The highest BCUT2D eigenvalue weighted by atomic mass is 16.4. The van der Waals surface area contributed by atoms with Crippen molar-refractivity contribution in [3.8, 4) is 0 Å². The topological polar surface area (TPSA) is 104 Å². The molecular formula is C5H13NO4. The van der Waals surface area contributed by atoms with Crippen LogP contribution in [-0.4, -0.2) is 41.0 Å². The van der Waals surface area contributed by atoms with E-state index in [-0.39, 0.29) is 26.2 Å². The molecule has 0 saturated carbocycles. The summed E-state index contributed by atoms with van der Waals surface area (Å²) >= 11 is 0. The van der Waals surface area contributed by atoms with Gasteiger partial charge in [-0.15, -0.1) is 0 Å². The summed E-state index contributed by atoms with van der Waals surface area (Å²) in [5.41, 5.74) is 4.85. The van der Waals surface area contributed by atoms with Crippen molar-refractivity contribution >= 4 is 5.97 Å². The van der Waals surface area contributed by atoms with Gasteiger partial charge in [-0.25, -0.2) is 0 Å². The van der Waals surface area contributed by atoms with Crippen LogP contribution in [0.2, 0.25) is 0 Å². The molecule has 0 atom stereocenters. The molecule has 5 N–H and O–H groups in total. The van der Waals surface area contributed by atoms with Crippen LogP contribution in [0.25, 0.3) is 0 Å². The first kappa shape index (κ1) is 12.1. The summed E-state index contributed by atoms with van der Waals surface area (Å²) in [5, 5.41) is 23.1. The maximum Gasteiger partial charge on any atom is 0.304 e. The second-order valence-electron chi connectivity index (χ2n) is 1.38. The average molecular weight is 151 g/mol. The number of aliphatic hydroxyl groups excluding tert-OH is 2. The largest absolute Gasteiger partial charge is 0.481 e. The highest BCUT2D eigenvalue weighted by Crippen LogP contribution is 1.67. The molecule has 0 radical (unpaired) electrons. The lowest BCUT2D eigenvalue weighted by atomic mass is 10.5. The third-order valence-electron chi connectivity index (χ3n) is 0.458. The highest BCUT2D eigenvalue weighted by Gasteiger charge is 1.87. The van der Waals surface area contributed by atoms with E-state index in [2.05, 4.69) is 0 Å². The molecule has 0 aromatic rings. The van der Waals surface area contributed by atoms with E-state index in [4.69, 9.17) is 21.1 Å². The van der Waals surface area contributed by atoms with Crippen LogP contribution in [0.5, 0.6) is 0 Å². The van der Waals surface area contributed by atoms with Crippen LogP contribution in [0.4, 0.5) is 0 Å². The Morgan fingerprint density at radius 1 is 1.30 bits per heavy atom. The Morgan fingerprint density at radius 3 is 1.70 bits per heavy atom. The van der Waals surface area contributed by atoms with Crippen molar-refractivity contribution in [2.75, 3.05) is 19.8 Å². The Balaban J connectivity index is 0. The van der Waals surface area contributed by atoms with Gasteiger partial charge in [0.1, 0.15) is 0 Å². The molecule has 5 heteroatoms. The number of hydrogen-bond donors (Lipinski definition) is 4. The zero-order chi connectivity index (χ0) is 8.41. The second kappa shape index (κ2) is 11.2. The van der Waals surface area contributed by atoms with Crippen molar-refractivity contribution in [3.63, 3.8) is 0 Å². The standard InChI is InChI=1S/C3H7NO2.C2H6O2/c4-2-1-3(5)6;3-1-2-4/h1-2,4H2,(H,5,6);3-4H,1-2H2. The van der Waals surface area contributed by atoms with Crippen molar-refractivity contribution in [2.45, 2.75) is 6.42 Å². The van der Waals surface area contributed by atoms with Crippen molar-refractivity contribution in [1.82, 2.24) is 0 Å². The molecule has 0 fully saturated rings. The summed E-state index contributed by atoms with van der Waals surface area (Å²) in [4.78, 5) is 9.52. The van der Waals surface area contributed by atoms with Gasteiger partial charge in [0.2, 0.25) is 0 Å². The molecule has 0 saturated heterocycles. The Bertz CT molecular complexity index is 74.0. The van der Waals surface area contributed by atoms with Crippen molar-refractivity contribution in [1.29, 1.82) is 0 Å². The van der Waals surface area contributed by atoms with Gasteiger partial charge in [0, 0.05) is 6.54 Å². The molecule has 0 amide bonds. The maximum atomic E-state index is 9.52. The van der Waals surface area contributed by atoms with E-state index in [0.717, 1.165) is 0 Å². The summed E-state index contributed by atoms with van der Waals surface area (Å²) in [6.45, 7) is -0.0185. The van der Waals surface area contributed by atoms with E-state index < -0.39 is 5.97 Å². The number of rotatable bonds is 3. The van der Waals surface area contributed by atoms with Crippen LogP contribution in [0.15, 0.2) is 0 Å². The van der Waals surface area contributed by atoms with Crippen LogP contribution >= 0.6 is 0 Å². The van der Waals surface area contributed by atoms with Gasteiger partial charge < -0.3 is 21.1 Å². The van der Waals surface area contributed by atoms with E-state index >= 15 is 0 Å². The van der Waals surface area contributed by atoms with E-state index in [1.165, 1.54) is 0 Å². The monoisotopic (exact) mass is 151 g/mol. The van der Waals surface area contributed by atoms with Gasteiger partial charge in [0.15, 0.2) is 0 Å². The van der Waals surface area contributed by atoms with Crippen LogP contribution in [0.3, 0.4) is 0 Å². The lowest BCUT2D eigenvalue weighted by Gasteiger charge is -1.80. The lowest BCUT2D eigenvalue weighted by Crippen LogP contribution is -2.05. The molecule has 0 bridgehead atoms. The van der Waals surface area contributed by atoms with Gasteiger partial charge in [-0.1, -0.05) is 0 Å². The fourth-order valence-corrected chi connectivity index (χ4v) is 0.123. The number of carboxylic acids is 1. The number of aliphatic hydroxyl groups is 2. The van der Waals surface area contributed by atoms with Gasteiger partial charge >= 0.3 is 5.97 Å². The smallest absolute Gasteiger partial charge is 0.304 e. The number of carboxylic acid groups (broad SMARTS) is 1. The number of hydrogen-bond acceptors (Lipinski definition) is 4. The van der Waals surface area contributed by atoms with Gasteiger partial charge in [-0.3, -0.25) is 4.79 Å². The first-order valence-electron chi connectivity index (χ1n) is 2.82. The first-order chi connectivity index (χ1) is 4.68. The normalized spacial score (nSPS) is 7.90. The fourth-order valence-electron chi connectivity index (χ4n) is 0.123. The Hall–Kier alpha value is -0.650. The molecule has 0 rings (SSSR count). The molecule has 5 nitrogen and oxygen atoms in total. The first-order valence-corrected chi connectivity index (χ1v) is 2.82. The summed E-state index contributed by atoms with van der Waals surface area (Å²) in [7, 11) is 0. The molecular weight excluding hydrogens is 138 g/mol. The summed E-state index contributed by atoms with van der Waals surface area (Å²) in [6, 6.07) is 0. The van der Waals surface area contributed by atoms with Gasteiger partial charge in [0.25, 0.3) is 0 Å². The summed E-state index contributed by atoms with van der Waals surface area (Å²) < 4.78 is 0. The minimum absolute atomic E-state index is 0.0694. The minimum Gasteiger partial charge on any atom is -0.481 e. The predicted octanol–water partition coefficient (Wildman–Crippen LogP) is -1.61. The molecule has 0 unspecified atom stereocenters. The summed E-state index contributed by atoms with van der Waals surface area (Å²) in [6.07, 6.45) is 0.0694. The zero-order valence-electron chi connectivity index (χ0n) is 5.66. The maximum absolute atomic E-state index is 9.52. The van der Waals surface area contributed by atoms with Gasteiger partial charge in [-0.2, -0.15) is 0 Å². The zero-order valence-corrected chi connectivity index (χ0v) is 5.66. The molecule has 0 aliphatic rings. The van der Waals surface area contributed by atoms with Gasteiger partial charge in [-0.05, 0) is 0 Å². The van der Waals surface area contributed by atoms with Gasteiger partial charge in [0.05, 0.1) is 19.6 Å². The molecule has 10 heavy (non-hydrogen) atoms. The Morgan fingerprint density at radius 2 is 1.70 bits per heavy atom. The predicted molar refractivity (Wildman–Crippen MR) is 35.5 cm³/mol. The van der Waals surface area contributed by atoms with Crippen molar-refractivity contribution in [2.24, 2.45) is 5.73 Å². The van der Waals surface area contributed by atoms with Crippen LogP contribution < -0.4 is 5.73 Å². The number of nitrogens with two attached hydrogens (primary N) is 1. The minimum atomic E-state index is -0.836. The second-order valence-corrected chi connectivity index (χ2v) is 1.38. The third kappa shape index (κ3) is 26.4. The fraction of sp³-hybridized carbons (Fsp3) is 0.800. The van der Waals surface area contributed by atoms with E-state index in [1.54, 1.807) is 0 Å². The van der Waals surface area contributed by atoms with Crippen LogP contribution in [0, 0.1) is 0 Å². The molecule has 0 aromatic heterocycles. The van der Waals surface area contributed by atoms with Crippen LogP contribution in [-0.2, 0) is 4.79 Å². The number of carbonyl (C=O) groups is 1. The van der Waals surface area contributed by atoms with E-state index in [1.807, 2.05) is 0 Å². The Kier molecular flexibility index (Phi) is 13.5. The molecule has 0 aromatic carbocycles. The lowest BCUT2D eigenvalue weighted by molar-refractivity contribution is -0.136. The molecule has 62 valence electrons. The molecule has 0 heterocycles. The highest BCUT2D eigenvalue weighted by molar-refractivity contribution is 5.66. The van der Waals surface area contributed by atoms with Crippen molar-refractivity contribution in [3.05, 3.63) is 0 Å². The van der Waals surface area contributed by atoms with E-state index in [9.17, 15) is 4.79 Å². The van der Waals surface area contributed by atoms with Crippen molar-refractivity contribution < 1.29 is 20.1 Å². The summed E-state index contributed by atoms with van der Waals surface area (Å²) in [5.74, 6) is -0.836. The quantitative estimate of drug-likeness (QED) is 0.388. The molecule has 0 spiro atoms. The Labute approximate surface area is 59.1 Å². The van der Waals surface area contributed by atoms with E-state index in [0.29, 0.717) is 0 Å². The molecule has 0 aliphatic carbocycles. The SMILES string of the molecule is NCCC(=O)O.OCCO. The molecule has 0 aliphatic heterocycles. The average Bonchev–Trinajstić information content (AvgIpc) is 1.89. The number of aliphatic carboxylic acids is 1. The third-order valence-corrected chi connectivity index (χ3v) is 0.458.